The molecule has 0 radical (unpaired) electrons. The molecular formula is C13H13BrF3NO2. The highest BCUT2D eigenvalue weighted by molar-refractivity contribution is 9.10. The molecule has 0 spiro atoms. The average Bonchev–Trinajstić information content (AvgIpc) is 2.31. The molecule has 0 aliphatic rings. The summed E-state index contributed by atoms with van der Waals surface area (Å²) in [6, 6.07) is 3.32. The van der Waals surface area contributed by atoms with Crippen LogP contribution in [0.2, 0.25) is 0 Å². The maximum Gasteiger partial charge on any atom is 0.422 e. The largest absolute Gasteiger partial charge is 0.482 e. The lowest BCUT2D eigenvalue weighted by Gasteiger charge is -2.14. The van der Waals surface area contributed by atoms with Crippen molar-refractivity contribution >= 4 is 27.9 Å². The van der Waals surface area contributed by atoms with E-state index in [1.165, 1.54) is 13.1 Å². The topological polar surface area (TPSA) is 38.7 Å². The molecule has 1 aromatic carbocycles. The molecule has 0 aromatic heterocycles. The highest BCUT2D eigenvalue weighted by Gasteiger charge is 2.29. The molecule has 0 atom stereocenters. The minimum Gasteiger partial charge on any atom is -0.482 e. The molecule has 0 N–H and O–H groups in total. The van der Waals surface area contributed by atoms with Crippen LogP contribution in [0.1, 0.15) is 18.1 Å². The number of carbonyl (C=O) groups is 1. The number of aryl methyl sites for hydroxylation is 1. The molecule has 0 unspecified atom stereocenters. The fourth-order valence-corrected chi connectivity index (χ4v) is 1.86. The molecule has 0 aliphatic heterocycles. The number of hydrogen-bond acceptors (Lipinski definition) is 3. The zero-order chi connectivity index (χ0) is 15.3. The van der Waals surface area contributed by atoms with Crippen LogP contribution in [0.15, 0.2) is 21.6 Å². The smallest absolute Gasteiger partial charge is 0.422 e. The van der Waals surface area contributed by atoms with Gasteiger partial charge < -0.3 is 4.74 Å². The van der Waals surface area contributed by atoms with Gasteiger partial charge in [0.25, 0.3) is 0 Å². The van der Waals surface area contributed by atoms with E-state index in [1.807, 2.05) is 0 Å². The third kappa shape index (κ3) is 5.32. The number of alkyl halides is 3. The number of benzene rings is 1. The van der Waals surface area contributed by atoms with Crippen LogP contribution in [0.25, 0.3) is 0 Å². The number of ketones is 1. The van der Waals surface area contributed by atoms with E-state index in [1.54, 1.807) is 19.1 Å². The van der Waals surface area contributed by atoms with Crippen LogP contribution in [0.4, 0.5) is 13.2 Å². The second-order valence-electron chi connectivity index (χ2n) is 4.18. The predicted molar refractivity (Wildman–Crippen MR) is 73.6 cm³/mol. The van der Waals surface area contributed by atoms with Gasteiger partial charge in [0.1, 0.15) is 5.75 Å². The lowest BCUT2D eigenvalue weighted by molar-refractivity contribution is -0.153. The molecule has 1 rings (SSSR count). The molecule has 0 saturated carbocycles. The van der Waals surface area contributed by atoms with Crippen molar-refractivity contribution in [2.75, 3.05) is 13.2 Å². The first-order valence-corrected chi connectivity index (χ1v) is 6.48. The third-order valence-corrected chi connectivity index (χ3v) is 2.91. The van der Waals surface area contributed by atoms with E-state index < -0.39 is 12.8 Å². The van der Waals surface area contributed by atoms with Crippen LogP contribution in [-0.4, -0.2) is 31.3 Å². The van der Waals surface area contributed by atoms with Crippen LogP contribution < -0.4 is 4.74 Å². The molecule has 7 heteroatoms. The van der Waals surface area contributed by atoms with Gasteiger partial charge in [0.15, 0.2) is 12.4 Å². The van der Waals surface area contributed by atoms with Gasteiger partial charge in [-0.25, -0.2) is 0 Å². The summed E-state index contributed by atoms with van der Waals surface area (Å²) < 4.78 is 42.0. The van der Waals surface area contributed by atoms with Gasteiger partial charge in [-0.15, -0.1) is 0 Å². The van der Waals surface area contributed by atoms with Gasteiger partial charge in [-0.2, -0.15) is 13.2 Å². The number of Topliss-reactive ketones (excluding diaryl/α,β-unsaturated/α-hetero) is 1. The number of carbonyl (C=O) groups excluding carboxylic acids is 1. The first kappa shape index (κ1) is 16.7. The Bertz CT molecular complexity index is 527. The van der Waals surface area contributed by atoms with Gasteiger partial charge >= 0.3 is 6.18 Å². The molecule has 0 aliphatic carbocycles. The quantitative estimate of drug-likeness (QED) is 0.758. The number of ether oxygens (including phenoxy) is 1. The Kier molecular flexibility index (Phi) is 5.74. The molecule has 3 nitrogen and oxygen atoms in total. The normalized spacial score (nSPS) is 11.9. The number of aliphatic imine (C=N–C) groups is 1. The maximum atomic E-state index is 12.2. The van der Waals surface area contributed by atoms with Crippen molar-refractivity contribution in [2.45, 2.75) is 20.0 Å². The minimum atomic E-state index is -4.42. The zero-order valence-corrected chi connectivity index (χ0v) is 12.5. The molecular weight excluding hydrogens is 339 g/mol. The van der Waals surface area contributed by atoms with E-state index in [-0.39, 0.29) is 18.1 Å². The van der Waals surface area contributed by atoms with E-state index in [2.05, 4.69) is 20.9 Å². The standard InChI is InChI=1S/C13H13BrF3NO2/c1-8-3-4-11(14)12(20-7-13(15,16)17)10(8)6-18-5-9(2)19/h3-4,6H,5,7H2,1-2H3/b18-6-. The predicted octanol–water partition coefficient (Wildman–Crippen LogP) is 3.71. The second-order valence-corrected chi connectivity index (χ2v) is 5.04. The summed E-state index contributed by atoms with van der Waals surface area (Å²) in [6.07, 6.45) is -3.07. The average molecular weight is 352 g/mol. The monoisotopic (exact) mass is 351 g/mol. The van der Waals surface area contributed by atoms with Gasteiger partial charge in [-0.3, -0.25) is 9.79 Å². The molecule has 0 fully saturated rings. The van der Waals surface area contributed by atoms with Gasteiger partial charge in [0.05, 0.1) is 11.0 Å². The lowest BCUT2D eigenvalue weighted by Crippen LogP contribution is -2.20. The van der Waals surface area contributed by atoms with E-state index in [0.717, 1.165) is 0 Å². The Morgan fingerprint density at radius 1 is 1.45 bits per heavy atom. The Morgan fingerprint density at radius 2 is 2.10 bits per heavy atom. The Balaban J connectivity index is 3.04. The zero-order valence-electron chi connectivity index (χ0n) is 10.9. The van der Waals surface area contributed by atoms with Crippen molar-refractivity contribution in [3.8, 4) is 5.75 Å². The summed E-state index contributed by atoms with van der Waals surface area (Å²) in [4.78, 5) is 14.7. The van der Waals surface area contributed by atoms with Crippen LogP contribution >= 0.6 is 15.9 Å². The van der Waals surface area contributed by atoms with Crippen molar-refractivity contribution in [1.29, 1.82) is 0 Å². The highest BCUT2D eigenvalue weighted by Crippen LogP contribution is 2.32. The van der Waals surface area contributed by atoms with E-state index >= 15 is 0 Å². The summed E-state index contributed by atoms with van der Waals surface area (Å²) in [5.74, 6) is -0.0683. The summed E-state index contributed by atoms with van der Waals surface area (Å²) >= 11 is 3.15. The van der Waals surface area contributed by atoms with Crippen molar-refractivity contribution < 1.29 is 22.7 Å². The van der Waals surface area contributed by atoms with Crippen molar-refractivity contribution in [2.24, 2.45) is 4.99 Å². The number of nitrogens with zero attached hydrogens (tertiary/aromatic N) is 1. The van der Waals surface area contributed by atoms with Gasteiger partial charge in [-0.1, -0.05) is 6.07 Å². The molecule has 1 aromatic rings. The van der Waals surface area contributed by atoms with Crippen LogP contribution in [0.3, 0.4) is 0 Å². The van der Waals surface area contributed by atoms with E-state index in [9.17, 15) is 18.0 Å². The van der Waals surface area contributed by atoms with E-state index in [4.69, 9.17) is 4.74 Å². The number of hydrogen-bond donors (Lipinski definition) is 0. The fraction of sp³-hybridized carbons (Fsp3) is 0.385. The van der Waals surface area contributed by atoms with Crippen molar-refractivity contribution in [3.05, 3.63) is 27.7 Å². The number of rotatable bonds is 5. The summed E-state index contributed by atoms with van der Waals surface area (Å²) in [5.41, 5.74) is 1.13. The summed E-state index contributed by atoms with van der Waals surface area (Å²) in [6.45, 7) is 1.70. The SMILES string of the molecule is CC(=O)C/N=C\c1c(C)ccc(Br)c1OCC(F)(F)F. The Morgan fingerprint density at radius 3 is 2.65 bits per heavy atom. The first-order valence-electron chi connectivity index (χ1n) is 5.68. The van der Waals surface area contributed by atoms with Gasteiger partial charge in [0.2, 0.25) is 0 Å². The van der Waals surface area contributed by atoms with Crippen molar-refractivity contribution in [1.82, 2.24) is 0 Å². The first-order chi connectivity index (χ1) is 9.20. The Hall–Kier alpha value is -1.37. The second kappa shape index (κ2) is 6.88. The highest BCUT2D eigenvalue weighted by atomic mass is 79.9. The van der Waals surface area contributed by atoms with Gasteiger partial charge in [0, 0.05) is 11.8 Å². The minimum absolute atomic E-state index is 0.0232. The molecule has 0 amide bonds. The Labute approximate surface area is 123 Å². The number of halogens is 4. The maximum absolute atomic E-state index is 12.2. The molecule has 0 saturated heterocycles. The third-order valence-electron chi connectivity index (χ3n) is 2.28. The molecule has 0 heterocycles. The van der Waals surface area contributed by atoms with Crippen LogP contribution in [0.5, 0.6) is 5.75 Å². The molecule has 110 valence electrons. The fourth-order valence-electron chi connectivity index (χ4n) is 1.40. The summed E-state index contributed by atoms with van der Waals surface area (Å²) in [7, 11) is 0. The van der Waals surface area contributed by atoms with Gasteiger partial charge in [-0.05, 0) is 41.4 Å². The van der Waals surface area contributed by atoms with Crippen molar-refractivity contribution in [3.63, 3.8) is 0 Å². The lowest BCUT2D eigenvalue weighted by atomic mass is 10.1. The van der Waals surface area contributed by atoms with E-state index in [0.29, 0.717) is 15.6 Å². The summed E-state index contributed by atoms with van der Waals surface area (Å²) in [5, 5.41) is 0. The van der Waals surface area contributed by atoms with Crippen LogP contribution in [0, 0.1) is 6.92 Å². The molecule has 0 bridgehead atoms. The van der Waals surface area contributed by atoms with Crippen LogP contribution in [-0.2, 0) is 4.79 Å². The molecule has 20 heavy (non-hydrogen) atoms.